The van der Waals surface area contributed by atoms with Gasteiger partial charge in [0, 0.05) is 24.5 Å². The highest BCUT2D eigenvalue weighted by Crippen LogP contribution is 2.25. The molecule has 1 saturated heterocycles. The van der Waals surface area contributed by atoms with Crippen molar-refractivity contribution in [3.05, 3.63) is 30.5 Å². The first kappa shape index (κ1) is 12.3. The minimum Gasteiger partial charge on any atom is -0.373 e. The van der Waals surface area contributed by atoms with E-state index in [0.29, 0.717) is 6.61 Å². The fourth-order valence-electron chi connectivity index (χ4n) is 2.46. The molecule has 1 aromatic heterocycles. The zero-order valence-electron chi connectivity index (χ0n) is 11.0. The van der Waals surface area contributed by atoms with Crippen LogP contribution < -0.4 is 10.6 Å². The van der Waals surface area contributed by atoms with Crippen LogP contribution in [0.4, 0.5) is 5.69 Å². The van der Waals surface area contributed by atoms with Crippen LogP contribution in [0.15, 0.2) is 30.5 Å². The first-order chi connectivity index (χ1) is 9.25. The van der Waals surface area contributed by atoms with E-state index in [2.05, 4.69) is 21.2 Å². The van der Waals surface area contributed by atoms with Gasteiger partial charge in [0.05, 0.1) is 30.1 Å². The van der Waals surface area contributed by atoms with Crippen molar-refractivity contribution in [2.75, 3.05) is 24.6 Å². The summed E-state index contributed by atoms with van der Waals surface area (Å²) in [4.78, 5) is 2.29. The SMILES string of the molecule is CC(N)C1CN(c2cnnc3ccccc23)CCO1. The third-order valence-electron chi connectivity index (χ3n) is 3.55. The van der Waals surface area contributed by atoms with Gasteiger partial charge in [-0.05, 0) is 13.0 Å². The van der Waals surface area contributed by atoms with Gasteiger partial charge < -0.3 is 15.4 Å². The van der Waals surface area contributed by atoms with Crippen molar-refractivity contribution in [2.45, 2.75) is 19.1 Å². The van der Waals surface area contributed by atoms with E-state index in [1.165, 1.54) is 0 Å². The van der Waals surface area contributed by atoms with E-state index in [1.54, 1.807) is 0 Å². The Bertz CT molecular complexity index is 567. The number of morpholine rings is 1. The number of hydrogen-bond donors (Lipinski definition) is 1. The highest BCUT2D eigenvalue weighted by molar-refractivity contribution is 5.90. The number of hydrogen-bond acceptors (Lipinski definition) is 5. The molecule has 1 fully saturated rings. The molecule has 0 radical (unpaired) electrons. The fourth-order valence-corrected chi connectivity index (χ4v) is 2.46. The molecule has 0 spiro atoms. The third-order valence-corrected chi connectivity index (χ3v) is 3.55. The van der Waals surface area contributed by atoms with Crippen LogP contribution in [-0.2, 0) is 4.74 Å². The highest BCUT2D eigenvalue weighted by Gasteiger charge is 2.24. The van der Waals surface area contributed by atoms with Crippen molar-refractivity contribution >= 4 is 16.6 Å². The largest absolute Gasteiger partial charge is 0.373 e. The zero-order chi connectivity index (χ0) is 13.2. The second-order valence-electron chi connectivity index (χ2n) is 4.96. The van der Waals surface area contributed by atoms with Crippen LogP contribution in [0.2, 0.25) is 0 Å². The summed E-state index contributed by atoms with van der Waals surface area (Å²) in [6, 6.07) is 8.09. The van der Waals surface area contributed by atoms with Crippen molar-refractivity contribution in [3.8, 4) is 0 Å². The Morgan fingerprint density at radius 2 is 2.26 bits per heavy atom. The molecule has 100 valence electrons. The molecule has 2 aromatic rings. The first-order valence-electron chi connectivity index (χ1n) is 6.58. The van der Waals surface area contributed by atoms with Crippen LogP contribution in [0.1, 0.15) is 6.92 Å². The lowest BCUT2D eigenvalue weighted by Gasteiger charge is -2.36. The summed E-state index contributed by atoms with van der Waals surface area (Å²) in [5.74, 6) is 0. The Morgan fingerprint density at radius 3 is 3.11 bits per heavy atom. The van der Waals surface area contributed by atoms with Crippen molar-refractivity contribution in [1.82, 2.24) is 10.2 Å². The van der Waals surface area contributed by atoms with Gasteiger partial charge in [0.1, 0.15) is 0 Å². The maximum atomic E-state index is 5.94. The summed E-state index contributed by atoms with van der Waals surface area (Å²) in [6.07, 6.45) is 1.90. The average molecular weight is 258 g/mol. The number of nitrogens with two attached hydrogens (primary N) is 1. The van der Waals surface area contributed by atoms with E-state index >= 15 is 0 Å². The number of aromatic nitrogens is 2. The number of ether oxygens (including phenoxy) is 1. The smallest absolute Gasteiger partial charge is 0.0950 e. The van der Waals surface area contributed by atoms with Gasteiger partial charge in [0.2, 0.25) is 0 Å². The summed E-state index contributed by atoms with van der Waals surface area (Å²) in [7, 11) is 0. The monoisotopic (exact) mass is 258 g/mol. The minimum atomic E-state index is 0.0314. The Hall–Kier alpha value is -1.72. The van der Waals surface area contributed by atoms with E-state index in [1.807, 2.05) is 31.3 Å². The summed E-state index contributed by atoms with van der Waals surface area (Å²) < 4.78 is 5.70. The highest BCUT2D eigenvalue weighted by atomic mass is 16.5. The number of nitrogens with zero attached hydrogens (tertiary/aromatic N) is 3. The second kappa shape index (κ2) is 5.11. The molecular weight excluding hydrogens is 240 g/mol. The van der Waals surface area contributed by atoms with Crippen LogP contribution in [-0.4, -0.2) is 42.0 Å². The minimum absolute atomic E-state index is 0.0314. The van der Waals surface area contributed by atoms with E-state index in [0.717, 1.165) is 29.7 Å². The summed E-state index contributed by atoms with van der Waals surface area (Å²) in [6.45, 7) is 4.34. The maximum absolute atomic E-state index is 5.94. The first-order valence-corrected chi connectivity index (χ1v) is 6.58. The van der Waals surface area contributed by atoms with E-state index in [-0.39, 0.29) is 12.1 Å². The second-order valence-corrected chi connectivity index (χ2v) is 4.96. The third kappa shape index (κ3) is 2.39. The van der Waals surface area contributed by atoms with Crippen molar-refractivity contribution in [3.63, 3.8) is 0 Å². The molecule has 5 nitrogen and oxygen atoms in total. The van der Waals surface area contributed by atoms with E-state index in [9.17, 15) is 0 Å². The maximum Gasteiger partial charge on any atom is 0.0950 e. The molecule has 2 unspecified atom stereocenters. The number of fused-ring (bicyclic) bond motifs is 1. The molecule has 0 amide bonds. The molecule has 1 aromatic carbocycles. The molecular formula is C14H18N4O. The average Bonchev–Trinajstić information content (AvgIpc) is 2.47. The lowest BCUT2D eigenvalue weighted by molar-refractivity contribution is 0.0276. The topological polar surface area (TPSA) is 64.3 Å². The fraction of sp³-hybridized carbons (Fsp3) is 0.429. The Kier molecular flexibility index (Phi) is 3.31. The molecule has 0 saturated carbocycles. The molecule has 2 heterocycles. The molecule has 19 heavy (non-hydrogen) atoms. The van der Waals surface area contributed by atoms with Gasteiger partial charge in [0.15, 0.2) is 0 Å². The van der Waals surface area contributed by atoms with Gasteiger partial charge in [-0.15, -0.1) is 0 Å². The predicted molar refractivity (Wildman–Crippen MR) is 75.1 cm³/mol. The predicted octanol–water partition coefficient (Wildman–Crippen LogP) is 1.18. The summed E-state index contributed by atoms with van der Waals surface area (Å²) in [5, 5.41) is 9.38. The molecule has 1 aliphatic rings. The van der Waals surface area contributed by atoms with Gasteiger partial charge in [-0.3, -0.25) is 0 Å². The van der Waals surface area contributed by atoms with Gasteiger partial charge in [-0.1, -0.05) is 18.2 Å². The van der Waals surface area contributed by atoms with Crippen LogP contribution in [0.25, 0.3) is 10.9 Å². The summed E-state index contributed by atoms with van der Waals surface area (Å²) in [5.41, 5.74) is 7.97. The van der Waals surface area contributed by atoms with Gasteiger partial charge in [0.25, 0.3) is 0 Å². The Labute approximate surface area is 112 Å². The zero-order valence-corrected chi connectivity index (χ0v) is 11.0. The normalized spacial score (nSPS) is 21.6. The lowest BCUT2D eigenvalue weighted by atomic mass is 10.1. The molecule has 2 N–H and O–H groups in total. The number of anilines is 1. The van der Waals surface area contributed by atoms with E-state index < -0.39 is 0 Å². The van der Waals surface area contributed by atoms with Crippen LogP contribution in [0.5, 0.6) is 0 Å². The standard InChI is InChI=1S/C14H18N4O/c1-10(15)14-9-18(6-7-19-14)13-8-16-17-12-5-3-2-4-11(12)13/h2-5,8,10,14H,6-7,9,15H2,1H3. The van der Waals surface area contributed by atoms with Crippen LogP contribution >= 0.6 is 0 Å². The quantitative estimate of drug-likeness (QED) is 0.876. The number of benzene rings is 1. The molecule has 0 bridgehead atoms. The van der Waals surface area contributed by atoms with Crippen LogP contribution in [0, 0.1) is 0 Å². The Morgan fingerprint density at radius 1 is 1.42 bits per heavy atom. The molecule has 2 atom stereocenters. The summed E-state index contributed by atoms with van der Waals surface area (Å²) >= 11 is 0. The van der Waals surface area contributed by atoms with Crippen molar-refractivity contribution in [2.24, 2.45) is 5.73 Å². The van der Waals surface area contributed by atoms with Gasteiger partial charge in [-0.25, -0.2) is 0 Å². The Balaban J connectivity index is 1.95. The molecule has 0 aliphatic carbocycles. The van der Waals surface area contributed by atoms with Crippen molar-refractivity contribution in [1.29, 1.82) is 0 Å². The van der Waals surface area contributed by atoms with Gasteiger partial charge >= 0.3 is 0 Å². The van der Waals surface area contributed by atoms with Gasteiger partial charge in [-0.2, -0.15) is 10.2 Å². The van der Waals surface area contributed by atoms with Crippen molar-refractivity contribution < 1.29 is 4.74 Å². The number of rotatable bonds is 2. The molecule has 5 heteroatoms. The van der Waals surface area contributed by atoms with E-state index in [4.69, 9.17) is 10.5 Å². The molecule has 3 rings (SSSR count). The lowest BCUT2D eigenvalue weighted by Crippen LogP contribution is -2.49. The van der Waals surface area contributed by atoms with Crippen LogP contribution in [0.3, 0.4) is 0 Å². The molecule has 1 aliphatic heterocycles.